The minimum absolute atomic E-state index is 0.00274. The Labute approximate surface area is 163 Å². The smallest absolute Gasteiger partial charge is 0.261 e. The fourth-order valence-corrected chi connectivity index (χ4v) is 3.93. The SMILES string of the molecule is CS(=O)(=O)c1ccc(N=C(N)c2c(NC3CCCC3C#N)cc[nH]c2=O)cc1. The largest absolute Gasteiger partial charge is 0.383 e. The van der Waals surface area contributed by atoms with Crippen LogP contribution < -0.4 is 16.6 Å². The highest BCUT2D eigenvalue weighted by atomic mass is 32.2. The molecule has 28 heavy (non-hydrogen) atoms. The zero-order chi connectivity index (χ0) is 20.3. The van der Waals surface area contributed by atoms with Crippen molar-refractivity contribution in [3.8, 4) is 6.07 Å². The number of nitriles is 1. The van der Waals surface area contributed by atoms with E-state index in [0.29, 0.717) is 11.4 Å². The number of sulfone groups is 1. The number of aliphatic imine (C=N–C) groups is 1. The summed E-state index contributed by atoms with van der Waals surface area (Å²) in [5, 5.41) is 12.5. The summed E-state index contributed by atoms with van der Waals surface area (Å²) in [6.07, 6.45) is 5.25. The maximum absolute atomic E-state index is 12.4. The zero-order valence-corrected chi connectivity index (χ0v) is 16.2. The van der Waals surface area contributed by atoms with Crippen molar-refractivity contribution in [2.45, 2.75) is 30.2 Å². The molecule has 4 N–H and O–H groups in total. The summed E-state index contributed by atoms with van der Waals surface area (Å²) in [5.74, 6) is -0.114. The Morgan fingerprint density at radius 3 is 2.64 bits per heavy atom. The van der Waals surface area contributed by atoms with E-state index in [0.717, 1.165) is 25.5 Å². The first-order valence-electron chi connectivity index (χ1n) is 8.82. The third-order valence-corrected chi connectivity index (χ3v) is 5.88. The highest BCUT2D eigenvalue weighted by Gasteiger charge is 2.28. The molecule has 1 aliphatic carbocycles. The lowest BCUT2D eigenvalue weighted by Gasteiger charge is -2.19. The van der Waals surface area contributed by atoms with Crippen molar-refractivity contribution in [3.05, 3.63) is 52.4 Å². The minimum atomic E-state index is -3.31. The highest BCUT2D eigenvalue weighted by molar-refractivity contribution is 7.90. The molecule has 1 aromatic carbocycles. The second-order valence-electron chi connectivity index (χ2n) is 6.78. The Hall–Kier alpha value is -3.12. The number of nitrogens with one attached hydrogen (secondary N) is 2. The summed E-state index contributed by atoms with van der Waals surface area (Å²) < 4.78 is 23.1. The Kier molecular flexibility index (Phi) is 5.51. The third kappa shape index (κ3) is 4.23. The monoisotopic (exact) mass is 399 g/mol. The number of rotatable bonds is 5. The van der Waals surface area contributed by atoms with E-state index in [9.17, 15) is 18.5 Å². The molecule has 146 valence electrons. The Morgan fingerprint density at radius 1 is 1.29 bits per heavy atom. The van der Waals surface area contributed by atoms with Crippen LogP contribution in [0.3, 0.4) is 0 Å². The van der Waals surface area contributed by atoms with E-state index >= 15 is 0 Å². The molecule has 1 fully saturated rings. The van der Waals surface area contributed by atoms with Crippen LogP contribution >= 0.6 is 0 Å². The van der Waals surface area contributed by atoms with Crippen molar-refractivity contribution >= 4 is 27.0 Å². The van der Waals surface area contributed by atoms with Gasteiger partial charge in [-0.1, -0.05) is 0 Å². The van der Waals surface area contributed by atoms with Gasteiger partial charge in [-0.15, -0.1) is 0 Å². The molecule has 0 bridgehead atoms. The molecule has 1 aromatic heterocycles. The molecule has 0 saturated heterocycles. The normalized spacial score (nSPS) is 19.9. The molecule has 2 unspecified atom stereocenters. The summed E-state index contributed by atoms with van der Waals surface area (Å²) in [6.45, 7) is 0. The number of nitrogens with two attached hydrogens (primary N) is 1. The van der Waals surface area contributed by atoms with Gasteiger partial charge in [-0.25, -0.2) is 13.4 Å². The van der Waals surface area contributed by atoms with Gasteiger partial charge in [-0.2, -0.15) is 5.26 Å². The van der Waals surface area contributed by atoms with Gasteiger partial charge in [-0.3, -0.25) is 4.79 Å². The van der Waals surface area contributed by atoms with Crippen molar-refractivity contribution in [2.75, 3.05) is 11.6 Å². The number of anilines is 1. The van der Waals surface area contributed by atoms with Gasteiger partial charge in [0, 0.05) is 18.5 Å². The lowest BCUT2D eigenvalue weighted by atomic mass is 10.0. The average molecular weight is 399 g/mol. The highest BCUT2D eigenvalue weighted by Crippen LogP contribution is 2.28. The molecule has 2 atom stereocenters. The van der Waals surface area contributed by atoms with Crippen LogP contribution in [-0.4, -0.2) is 31.5 Å². The van der Waals surface area contributed by atoms with Crippen molar-refractivity contribution in [1.82, 2.24) is 4.98 Å². The molecular formula is C19H21N5O3S. The van der Waals surface area contributed by atoms with E-state index in [2.05, 4.69) is 21.4 Å². The second kappa shape index (κ2) is 7.86. The molecule has 1 saturated carbocycles. The maximum atomic E-state index is 12.4. The molecule has 3 rings (SSSR count). The van der Waals surface area contributed by atoms with Crippen LogP contribution in [0.2, 0.25) is 0 Å². The Morgan fingerprint density at radius 2 is 2.00 bits per heavy atom. The van der Waals surface area contributed by atoms with Gasteiger partial charge in [0.15, 0.2) is 9.84 Å². The molecule has 2 aromatic rings. The number of aromatic amines is 1. The summed E-state index contributed by atoms with van der Waals surface area (Å²) in [7, 11) is -3.31. The number of nitrogens with zero attached hydrogens (tertiary/aromatic N) is 2. The van der Waals surface area contributed by atoms with Crippen LogP contribution in [-0.2, 0) is 9.84 Å². The van der Waals surface area contributed by atoms with E-state index in [1.807, 2.05) is 0 Å². The fraction of sp³-hybridized carbons (Fsp3) is 0.316. The zero-order valence-electron chi connectivity index (χ0n) is 15.3. The molecule has 9 heteroatoms. The fourth-order valence-electron chi connectivity index (χ4n) is 3.30. The van der Waals surface area contributed by atoms with Crippen LogP contribution in [0.15, 0.2) is 51.2 Å². The lowest BCUT2D eigenvalue weighted by Crippen LogP contribution is -2.30. The predicted octanol–water partition coefficient (Wildman–Crippen LogP) is 1.92. The van der Waals surface area contributed by atoms with Crippen molar-refractivity contribution in [1.29, 1.82) is 5.26 Å². The summed E-state index contributed by atoms with van der Waals surface area (Å²) in [4.78, 5) is 19.4. The summed E-state index contributed by atoms with van der Waals surface area (Å²) in [6, 6.07) is 9.86. The topological polar surface area (TPSA) is 141 Å². The number of hydrogen-bond donors (Lipinski definition) is 3. The molecular weight excluding hydrogens is 378 g/mol. The molecule has 0 spiro atoms. The van der Waals surface area contributed by atoms with Gasteiger partial charge in [0.05, 0.1) is 28.3 Å². The van der Waals surface area contributed by atoms with Gasteiger partial charge < -0.3 is 16.0 Å². The van der Waals surface area contributed by atoms with Gasteiger partial charge in [0.25, 0.3) is 5.56 Å². The quantitative estimate of drug-likeness (QED) is 0.518. The van der Waals surface area contributed by atoms with E-state index in [-0.39, 0.29) is 28.3 Å². The predicted molar refractivity (Wildman–Crippen MR) is 107 cm³/mol. The first-order chi connectivity index (χ1) is 13.3. The van der Waals surface area contributed by atoms with E-state index in [1.54, 1.807) is 6.07 Å². The molecule has 1 aliphatic rings. The van der Waals surface area contributed by atoms with Crippen LogP contribution in [0.25, 0.3) is 0 Å². The summed E-state index contributed by atoms with van der Waals surface area (Å²) in [5.41, 5.74) is 6.84. The first-order valence-corrected chi connectivity index (χ1v) is 10.7. The number of benzene rings is 1. The van der Waals surface area contributed by atoms with Gasteiger partial charge in [0.2, 0.25) is 0 Å². The average Bonchev–Trinajstić information content (AvgIpc) is 3.08. The number of amidine groups is 1. The molecule has 0 aliphatic heterocycles. The number of pyridine rings is 1. The van der Waals surface area contributed by atoms with E-state index < -0.39 is 15.4 Å². The van der Waals surface area contributed by atoms with Crippen molar-refractivity contribution in [2.24, 2.45) is 16.6 Å². The molecule has 1 heterocycles. The molecule has 0 amide bonds. The molecule has 0 radical (unpaired) electrons. The Balaban J connectivity index is 1.93. The van der Waals surface area contributed by atoms with Crippen LogP contribution in [0, 0.1) is 17.2 Å². The van der Waals surface area contributed by atoms with E-state index in [4.69, 9.17) is 5.73 Å². The standard InChI is InChI=1S/C19H21N5O3S/c1-28(26,27)14-7-5-13(6-8-14)23-18(21)17-16(9-10-22-19(17)25)24-15-4-2-3-12(15)11-20/h5-10,12,15H,2-4H2,1H3,(H2,21,23)(H2,22,24,25). The number of aromatic nitrogens is 1. The van der Waals surface area contributed by atoms with Gasteiger partial charge >= 0.3 is 0 Å². The summed E-state index contributed by atoms with van der Waals surface area (Å²) >= 11 is 0. The number of H-pyrrole nitrogens is 1. The lowest BCUT2D eigenvalue weighted by molar-refractivity contribution is 0.602. The second-order valence-corrected chi connectivity index (χ2v) is 8.79. The number of hydrogen-bond acceptors (Lipinski definition) is 6. The minimum Gasteiger partial charge on any atom is -0.383 e. The third-order valence-electron chi connectivity index (χ3n) is 4.75. The van der Waals surface area contributed by atoms with E-state index in [1.165, 1.54) is 30.5 Å². The van der Waals surface area contributed by atoms with Crippen LogP contribution in [0.5, 0.6) is 0 Å². The molecule has 8 nitrogen and oxygen atoms in total. The van der Waals surface area contributed by atoms with Gasteiger partial charge in [0.1, 0.15) is 11.4 Å². The van der Waals surface area contributed by atoms with Crippen LogP contribution in [0.4, 0.5) is 11.4 Å². The first kappa shape index (κ1) is 19.6. The Bertz CT molecular complexity index is 1100. The van der Waals surface area contributed by atoms with Crippen LogP contribution in [0.1, 0.15) is 24.8 Å². The van der Waals surface area contributed by atoms with Gasteiger partial charge in [-0.05, 0) is 49.6 Å². The van der Waals surface area contributed by atoms with Crippen molar-refractivity contribution < 1.29 is 8.42 Å². The maximum Gasteiger partial charge on any atom is 0.261 e. The van der Waals surface area contributed by atoms with Crippen molar-refractivity contribution in [3.63, 3.8) is 0 Å².